The Bertz CT molecular complexity index is 2050. The third-order valence-electron chi connectivity index (χ3n) is 12.7. The number of aliphatic hydroxyl groups excluding tert-OH is 7. The summed E-state index contributed by atoms with van der Waals surface area (Å²) in [5.74, 6) is -5.51. The van der Waals surface area contributed by atoms with Gasteiger partial charge in [0.2, 0.25) is 5.91 Å². The van der Waals surface area contributed by atoms with Gasteiger partial charge in [0.05, 0.1) is 107 Å². The second kappa shape index (κ2) is 30.0. The highest BCUT2D eigenvalue weighted by molar-refractivity contribution is 8.03. The molecule has 28 heteroatoms. The van der Waals surface area contributed by atoms with Crippen LogP contribution in [0.25, 0.3) is 0 Å². The number of allylic oxidation sites excluding steroid dienone is 2. The highest BCUT2D eigenvalue weighted by atomic mass is 32.2. The van der Waals surface area contributed by atoms with E-state index in [-0.39, 0.29) is 69.7 Å². The van der Waals surface area contributed by atoms with Crippen molar-refractivity contribution >= 4 is 53.8 Å². The molecule has 74 heavy (non-hydrogen) atoms. The zero-order chi connectivity index (χ0) is 53.9. The molecule has 0 spiro atoms. The van der Waals surface area contributed by atoms with Crippen molar-refractivity contribution in [3.63, 3.8) is 0 Å². The van der Waals surface area contributed by atoms with E-state index in [0.29, 0.717) is 11.8 Å². The number of methoxy groups -OCH3 is 1. The van der Waals surface area contributed by atoms with Crippen molar-refractivity contribution in [1.29, 1.82) is 0 Å². The lowest BCUT2D eigenvalue weighted by Crippen LogP contribution is -2.60. The van der Waals surface area contributed by atoms with E-state index in [0.717, 1.165) is 11.8 Å². The van der Waals surface area contributed by atoms with E-state index in [1.54, 1.807) is 6.26 Å². The lowest BCUT2D eigenvalue weighted by Gasteiger charge is -2.44. The van der Waals surface area contributed by atoms with Crippen LogP contribution in [0.15, 0.2) is 35.2 Å². The van der Waals surface area contributed by atoms with Crippen molar-refractivity contribution in [1.82, 2.24) is 21.3 Å². The Morgan fingerprint density at radius 3 is 1.81 bits per heavy atom. The Balaban J connectivity index is 1.11. The van der Waals surface area contributed by atoms with Gasteiger partial charge in [0.25, 0.3) is 0 Å². The number of benzene rings is 1. The van der Waals surface area contributed by atoms with Crippen molar-refractivity contribution in [2.45, 2.75) is 73.6 Å². The van der Waals surface area contributed by atoms with Crippen LogP contribution in [-0.2, 0) is 52.3 Å². The second-order valence-electron chi connectivity index (χ2n) is 17.6. The second-order valence-corrected chi connectivity index (χ2v) is 18.4. The first-order valence-electron chi connectivity index (χ1n) is 23.7. The third kappa shape index (κ3) is 16.5. The number of aliphatic hydroxyl groups is 7. The summed E-state index contributed by atoms with van der Waals surface area (Å²) < 4.78 is 50.6. The number of thioether (sulfide) groups is 1. The SMILES string of the molecule is COCC1C(O)C(CO)OC(COCC2C(O)C(CO)OC(COCC3C(OC(=O)NCCNC(=O)Oc4ccc(C=O)cc4)COC(CO)C3O)C2O)C1OC(=O)NCCNC(=O)CC1C(=O)C=C(SC)C1=O. The maximum absolute atomic E-state index is 13.1. The molecule has 15 unspecified atom stereocenters. The molecule has 11 N–H and O–H groups in total. The van der Waals surface area contributed by atoms with Gasteiger partial charge in [-0.05, 0) is 36.6 Å². The van der Waals surface area contributed by atoms with Crippen LogP contribution in [0, 0.1) is 23.7 Å². The van der Waals surface area contributed by atoms with Gasteiger partial charge in [-0.3, -0.25) is 19.2 Å². The highest BCUT2D eigenvalue weighted by Crippen LogP contribution is 2.32. The first-order valence-corrected chi connectivity index (χ1v) is 24.9. The van der Waals surface area contributed by atoms with Gasteiger partial charge in [0, 0.05) is 51.2 Å². The number of amides is 4. The predicted octanol–water partition coefficient (Wildman–Crippen LogP) is -3.82. The van der Waals surface area contributed by atoms with Crippen molar-refractivity contribution < 1.29 is 112 Å². The maximum atomic E-state index is 13.1. The molecule has 0 saturated carbocycles. The Labute approximate surface area is 428 Å². The third-order valence-corrected chi connectivity index (χ3v) is 13.5. The Kier molecular flexibility index (Phi) is 24.3. The molecular weight excluding hydrogens is 1010 g/mol. The predicted molar refractivity (Wildman–Crippen MR) is 251 cm³/mol. The molecule has 5 rings (SSSR count). The molecule has 3 saturated heterocycles. The molecule has 27 nitrogen and oxygen atoms in total. The molecule has 1 aromatic carbocycles. The van der Waals surface area contributed by atoms with E-state index >= 15 is 0 Å². The number of Topliss-reactive ketones (excluding diaryl/α,β-unsaturated/α-hetero) is 1. The first-order chi connectivity index (χ1) is 35.6. The largest absolute Gasteiger partial charge is 0.443 e. The molecule has 0 bridgehead atoms. The molecular formula is C46H66N4O23S. The molecule has 3 aliphatic heterocycles. The molecule has 1 aliphatic carbocycles. The molecule has 0 aromatic heterocycles. The van der Waals surface area contributed by atoms with E-state index in [2.05, 4.69) is 21.3 Å². The van der Waals surface area contributed by atoms with Crippen molar-refractivity contribution in [3.8, 4) is 5.75 Å². The number of ketones is 2. The minimum Gasteiger partial charge on any atom is -0.443 e. The van der Waals surface area contributed by atoms with E-state index in [4.69, 9.17) is 42.6 Å². The minimum atomic E-state index is -1.51. The van der Waals surface area contributed by atoms with Crippen LogP contribution in [0.1, 0.15) is 16.8 Å². The number of carbonyl (C=O) groups is 7. The molecule has 1 aromatic rings. The van der Waals surface area contributed by atoms with Crippen LogP contribution >= 0.6 is 11.8 Å². The van der Waals surface area contributed by atoms with Gasteiger partial charge < -0.3 is 99.6 Å². The van der Waals surface area contributed by atoms with E-state index in [9.17, 15) is 69.3 Å². The van der Waals surface area contributed by atoms with Crippen LogP contribution in [0.5, 0.6) is 5.75 Å². The van der Waals surface area contributed by atoms with Crippen LogP contribution < -0.4 is 26.0 Å². The fourth-order valence-electron chi connectivity index (χ4n) is 8.66. The van der Waals surface area contributed by atoms with Crippen LogP contribution in [0.3, 0.4) is 0 Å². The Hall–Kier alpha value is -4.92. The summed E-state index contributed by atoms with van der Waals surface area (Å²) >= 11 is 1.11. The normalized spacial score (nSPS) is 30.9. The summed E-state index contributed by atoms with van der Waals surface area (Å²) in [6.45, 7) is -4.28. The van der Waals surface area contributed by atoms with Gasteiger partial charge >= 0.3 is 18.3 Å². The zero-order valence-corrected chi connectivity index (χ0v) is 41.4. The number of hydrogen-bond donors (Lipinski definition) is 11. The Morgan fingerprint density at radius 2 is 1.22 bits per heavy atom. The quantitative estimate of drug-likeness (QED) is 0.0241. The molecule has 3 fully saturated rings. The van der Waals surface area contributed by atoms with Crippen molar-refractivity contribution in [2.24, 2.45) is 23.7 Å². The van der Waals surface area contributed by atoms with Crippen LogP contribution in [0.2, 0.25) is 0 Å². The number of carbonyl (C=O) groups excluding carboxylic acids is 7. The van der Waals surface area contributed by atoms with Gasteiger partial charge in [0.15, 0.2) is 11.6 Å². The van der Waals surface area contributed by atoms with Gasteiger partial charge in [-0.2, -0.15) is 0 Å². The van der Waals surface area contributed by atoms with Gasteiger partial charge in [0.1, 0.15) is 54.8 Å². The number of aldehydes is 1. The van der Waals surface area contributed by atoms with Gasteiger partial charge in [-0.15, -0.1) is 11.8 Å². The number of rotatable bonds is 26. The molecule has 0 radical (unpaired) electrons. The molecule has 4 amide bonds. The lowest BCUT2D eigenvalue weighted by molar-refractivity contribution is -0.244. The Morgan fingerprint density at radius 1 is 0.676 bits per heavy atom. The van der Waals surface area contributed by atoms with E-state index in [1.165, 1.54) is 37.5 Å². The van der Waals surface area contributed by atoms with E-state index in [1.807, 2.05) is 0 Å². The monoisotopic (exact) mass is 1070 g/mol. The van der Waals surface area contributed by atoms with Crippen molar-refractivity contribution in [2.75, 3.05) is 99.0 Å². The lowest BCUT2D eigenvalue weighted by atomic mass is 9.86. The standard InChI is InChI=1S/C46H66N4O23S/c1-65-17-28-41(60)32(16-54)71-35(43(28)73-46(64)50-8-7-47-37(56)11-25-29(55)12-36(74-2)42(25)61)21-67-19-27-39(58)31(15-53)70-34(40(27)59)20-66-18-26-33(22-68-30(14-52)38(26)57)72-45(63)49-10-9-48-44(62)69-24-5-3-23(13-51)4-6-24/h3-6,12-13,25-28,30-35,38-41,43,52-54,57-60H,7-11,14-22H2,1-2H3,(H,47,56)(H,48,62)(H,49,63)(H,50,64). The number of hydrogen-bond acceptors (Lipinski definition) is 24. The molecule has 15 atom stereocenters. The summed E-state index contributed by atoms with van der Waals surface area (Å²) in [5.41, 5.74) is 0.391. The molecule has 414 valence electrons. The summed E-state index contributed by atoms with van der Waals surface area (Å²) in [6, 6.07) is 5.78. The summed E-state index contributed by atoms with van der Waals surface area (Å²) in [6.07, 6.45) is -13.7. The topological polar surface area (TPSA) is 392 Å². The molecule has 4 aliphatic rings. The number of nitrogens with one attached hydrogen (secondary N) is 4. The average Bonchev–Trinajstić information content (AvgIpc) is 3.66. The number of alkyl carbamates (subject to hydrolysis) is 2. The van der Waals surface area contributed by atoms with Crippen LogP contribution in [0.4, 0.5) is 14.4 Å². The van der Waals surface area contributed by atoms with Gasteiger partial charge in [-0.1, -0.05) is 0 Å². The fourth-order valence-corrected chi connectivity index (χ4v) is 9.24. The van der Waals surface area contributed by atoms with Gasteiger partial charge in [-0.25, -0.2) is 14.4 Å². The smallest absolute Gasteiger partial charge is 0.412 e. The van der Waals surface area contributed by atoms with Crippen molar-refractivity contribution in [3.05, 3.63) is 40.8 Å². The number of ether oxygens (including phenoxy) is 9. The summed E-state index contributed by atoms with van der Waals surface area (Å²) in [7, 11) is 1.34. The maximum Gasteiger partial charge on any atom is 0.412 e. The first kappa shape index (κ1) is 60.0. The van der Waals surface area contributed by atoms with Crippen LogP contribution in [-0.4, -0.2) is 244 Å². The zero-order valence-electron chi connectivity index (χ0n) is 40.6. The highest BCUT2D eigenvalue weighted by Gasteiger charge is 2.49. The van der Waals surface area contributed by atoms with E-state index < -0.39 is 160 Å². The average molecular weight is 1080 g/mol. The summed E-state index contributed by atoms with van der Waals surface area (Å²) in [5, 5.41) is 84.6. The summed E-state index contributed by atoms with van der Waals surface area (Å²) in [4.78, 5) is 86.1. The fraction of sp³-hybridized carbons (Fsp3) is 0.674. The minimum absolute atomic E-state index is 0.0730. The molecule has 3 heterocycles.